The molecule has 0 aliphatic heterocycles. The average Bonchev–Trinajstić information content (AvgIpc) is 2.40. The lowest BCUT2D eigenvalue weighted by molar-refractivity contribution is 1.11. The monoisotopic (exact) mass is 257 g/mol. The molecule has 0 amide bonds. The van der Waals surface area contributed by atoms with Crippen molar-refractivity contribution in [2.45, 2.75) is 25.3 Å². The van der Waals surface area contributed by atoms with Crippen molar-refractivity contribution in [3.8, 4) is 0 Å². The van der Waals surface area contributed by atoms with Gasteiger partial charge in [-0.25, -0.2) is 0 Å². The van der Waals surface area contributed by atoms with E-state index in [9.17, 15) is 0 Å². The van der Waals surface area contributed by atoms with Crippen molar-refractivity contribution < 1.29 is 0 Å². The first-order valence-electron chi connectivity index (χ1n) is 6.13. The molecule has 0 aliphatic rings. The van der Waals surface area contributed by atoms with E-state index >= 15 is 0 Å². The van der Waals surface area contributed by atoms with Crippen LogP contribution in [0.2, 0.25) is 0 Å². The van der Waals surface area contributed by atoms with E-state index in [-0.39, 0.29) is 0 Å². The summed E-state index contributed by atoms with van der Waals surface area (Å²) in [6.07, 6.45) is 2.10. The van der Waals surface area contributed by atoms with Gasteiger partial charge in [0.1, 0.15) is 0 Å². The molecule has 18 heavy (non-hydrogen) atoms. The number of benzene rings is 2. The Labute approximate surface area is 114 Å². The summed E-state index contributed by atoms with van der Waals surface area (Å²) in [5.41, 5.74) is 5.21. The quantitative estimate of drug-likeness (QED) is 0.801. The highest BCUT2D eigenvalue weighted by molar-refractivity contribution is 7.98. The Morgan fingerprint density at radius 2 is 1.89 bits per heavy atom. The van der Waals surface area contributed by atoms with Crippen LogP contribution in [-0.4, -0.2) is 6.26 Å². The van der Waals surface area contributed by atoms with Gasteiger partial charge < -0.3 is 5.32 Å². The van der Waals surface area contributed by atoms with Gasteiger partial charge in [-0.15, -0.1) is 11.8 Å². The molecule has 2 aromatic carbocycles. The number of aryl methyl sites for hydroxylation is 2. The molecule has 0 unspecified atom stereocenters. The molecule has 2 rings (SSSR count). The van der Waals surface area contributed by atoms with Crippen LogP contribution >= 0.6 is 11.8 Å². The summed E-state index contributed by atoms with van der Waals surface area (Å²) < 4.78 is 0. The molecule has 0 fully saturated rings. The zero-order valence-electron chi connectivity index (χ0n) is 11.2. The van der Waals surface area contributed by atoms with Crippen LogP contribution in [0.3, 0.4) is 0 Å². The second-order valence-electron chi connectivity index (χ2n) is 4.52. The first-order chi connectivity index (χ1) is 8.69. The zero-order chi connectivity index (χ0) is 13.0. The van der Waals surface area contributed by atoms with Crippen molar-refractivity contribution in [3.05, 3.63) is 59.2 Å². The minimum Gasteiger partial charge on any atom is -0.381 e. The van der Waals surface area contributed by atoms with Crippen LogP contribution in [0.1, 0.15) is 16.7 Å². The third kappa shape index (κ3) is 3.30. The minimum atomic E-state index is 0.880. The fraction of sp³-hybridized carbons (Fsp3) is 0.250. The molecule has 2 heteroatoms. The number of hydrogen-bond donors (Lipinski definition) is 1. The SMILES string of the molecule is CSc1cccc(NCc2cc(C)ccc2C)c1. The molecular formula is C16H19NS. The minimum absolute atomic E-state index is 0.880. The van der Waals surface area contributed by atoms with Crippen LogP contribution in [0.25, 0.3) is 0 Å². The van der Waals surface area contributed by atoms with Gasteiger partial charge in [-0.2, -0.15) is 0 Å². The molecule has 0 atom stereocenters. The summed E-state index contributed by atoms with van der Waals surface area (Å²) in [5.74, 6) is 0. The number of anilines is 1. The standard InChI is InChI=1S/C16H19NS/c1-12-7-8-13(2)14(9-12)11-17-15-5-4-6-16(10-15)18-3/h4-10,17H,11H2,1-3H3. The highest BCUT2D eigenvalue weighted by atomic mass is 32.2. The van der Waals surface area contributed by atoms with E-state index in [1.165, 1.54) is 27.3 Å². The molecule has 1 N–H and O–H groups in total. The number of nitrogens with one attached hydrogen (secondary N) is 1. The van der Waals surface area contributed by atoms with E-state index in [0.29, 0.717) is 0 Å². The van der Waals surface area contributed by atoms with Gasteiger partial charge in [0.05, 0.1) is 0 Å². The molecule has 0 bridgehead atoms. The lowest BCUT2D eigenvalue weighted by atomic mass is 10.1. The predicted octanol–water partition coefficient (Wildman–Crippen LogP) is 4.64. The molecular weight excluding hydrogens is 238 g/mol. The van der Waals surface area contributed by atoms with Crippen molar-refractivity contribution in [2.24, 2.45) is 0 Å². The fourth-order valence-electron chi connectivity index (χ4n) is 1.92. The molecule has 0 radical (unpaired) electrons. The zero-order valence-corrected chi connectivity index (χ0v) is 12.0. The molecule has 0 aromatic heterocycles. The van der Waals surface area contributed by atoms with Crippen LogP contribution in [-0.2, 0) is 6.54 Å². The van der Waals surface area contributed by atoms with Gasteiger partial charge >= 0.3 is 0 Å². The van der Waals surface area contributed by atoms with E-state index < -0.39 is 0 Å². The lowest BCUT2D eigenvalue weighted by Gasteiger charge is -2.10. The third-order valence-electron chi connectivity index (χ3n) is 3.06. The summed E-state index contributed by atoms with van der Waals surface area (Å²) in [6.45, 7) is 5.18. The van der Waals surface area contributed by atoms with Gasteiger partial charge in [0.2, 0.25) is 0 Å². The average molecular weight is 257 g/mol. The maximum Gasteiger partial charge on any atom is 0.0403 e. The van der Waals surface area contributed by atoms with E-state index in [1.54, 1.807) is 11.8 Å². The second-order valence-corrected chi connectivity index (χ2v) is 5.40. The first kappa shape index (κ1) is 13.0. The van der Waals surface area contributed by atoms with E-state index in [4.69, 9.17) is 0 Å². The predicted molar refractivity (Wildman–Crippen MR) is 81.5 cm³/mol. The Balaban J connectivity index is 2.08. The van der Waals surface area contributed by atoms with Gasteiger partial charge in [-0.05, 0) is 49.4 Å². The molecule has 0 saturated carbocycles. The number of rotatable bonds is 4. The van der Waals surface area contributed by atoms with Gasteiger partial charge in [0.15, 0.2) is 0 Å². The summed E-state index contributed by atoms with van der Waals surface area (Å²) in [6, 6.07) is 15.1. The molecule has 0 saturated heterocycles. The van der Waals surface area contributed by atoms with Crippen molar-refractivity contribution in [3.63, 3.8) is 0 Å². The van der Waals surface area contributed by atoms with E-state index in [1.807, 2.05) is 0 Å². The van der Waals surface area contributed by atoms with E-state index in [0.717, 1.165) is 6.54 Å². The molecule has 0 aliphatic carbocycles. The number of thioether (sulfide) groups is 1. The van der Waals surface area contributed by atoms with Crippen LogP contribution in [0.5, 0.6) is 0 Å². The normalized spacial score (nSPS) is 10.4. The van der Waals surface area contributed by atoms with Gasteiger partial charge in [-0.1, -0.05) is 29.8 Å². The summed E-state index contributed by atoms with van der Waals surface area (Å²) in [5, 5.41) is 3.49. The second kappa shape index (κ2) is 5.96. The van der Waals surface area contributed by atoms with Gasteiger partial charge in [-0.3, -0.25) is 0 Å². The molecule has 0 heterocycles. The Bertz CT molecular complexity index is 534. The van der Waals surface area contributed by atoms with Crippen molar-refractivity contribution in [2.75, 3.05) is 11.6 Å². The van der Waals surface area contributed by atoms with Gasteiger partial charge in [0, 0.05) is 17.1 Å². The Hall–Kier alpha value is -1.41. The molecule has 2 aromatic rings. The van der Waals surface area contributed by atoms with Crippen molar-refractivity contribution in [1.29, 1.82) is 0 Å². The topological polar surface area (TPSA) is 12.0 Å². The summed E-state index contributed by atoms with van der Waals surface area (Å²) >= 11 is 1.77. The van der Waals surface area contributed by atoms with Gasteiger partial charge in [0.25, 0.3) is 0 Å². The largest absolute Gasteiger partial charge is 0.381 e. The number of hydrogen-bond acceptors (Lipinski definition) is 2. The lowest BCUT2D eigenvalue weighted by Crippen LogP contribution is -2.01. The Morgan fingerprint density at radius 1 is 1.06 bits per heavy atom. The summed E-state index contributed by atoms with van der Waals surface area (Å²) in [4.78, 5) is 1.29. The molecule has 94 valence electrons. The highest BCUT2D eigenvalue weighted by Crippen LogP contribution is 2.20. The van der Waals surface area contributed by atoms with Crippen LogP contribution in [0.4, 0.5) is 5.69 Å². The third-order valence-corrected chi connectivity index (χ3v) is 3.78. The van der Waals surface area contributed by atoms with Crippen molar-refractivity contribution in [1.82, 2.24) is 0 Å². The van der Waals surface area contributed by atoms with Crippen molar-refractivity contribution >= 4 is 17.4 Å². The van der Waals surface area contributed by atoms with Crippen LogP contribution < -0.4 is 5.32 Å². The smallest absolute Gasteiger partial charge is 0.0403 e. The molecule has 1 nitrogen and oxygen atoms in total. The Morgan fingerprint density at radius 3 is 2.67 bits per heavy atom. The molecule has 0 spiro atoms. The highest BCUT2D eigenvalue weighted by Gasteiger charge is 1.99. The van der Waals surface area contributed by atoms with Crippen LogP contribution in [0.15, 0.2) is 47.4 Å². The first-order valence-corrected chi connectivity index (χ1v) is 7.35. The van der Waals surface area contributed by atoms with E-state index in [2.05, 4.69) is 67.9 Å². The maximum atomic E-state index is 3.49. The Kier molecular flexibility index (Phi) is 4.32. The van der Waals surface area contributed by atoms with Crippen LogP contribution in [0, 0.1) is 13.8 Å². The fourth-order valence-corrected chi connectivity index (χ4v) is 2.38. The summed E-state index contributed by atoms with van der Waals surface area (Å²) in [7, 11) is 0. The maximum absolute atomic E-state index is 3.49.